The second kappa shape index (κ2) is 29.8. The Kier molecular flexibility index (Phi) is 35.7. The molecule has 0 spiro atoms. The average Bonchev–Trinajstić information content (AvgIpc) is 2.80. The van der Waals surface area contributed by atoms with E-state index in [4.69, 9.17) is 18.6 Å². The number of aliphatic imine (C=N–C) groups is 1. The zero-order valence-corrected chi connectivity index (χ0v) is 17.6. The standard InChI is InChI=1S/C17H20NP.4CO.Cr/c1-2-18-14-9-15-19(16-10-5-3-6-11-16)17-12-7-4-8-13-17;4*1-2;/h2-8,10-13H,9,14-15H2,1H3;;;;;. The third-order valence-corrected chi connectivity index (χ3v) is 5.59. The molecule has 2 aromatic rings. The van der Waals surface area contributed by atoms with Gasteiger partial charge in [-0.2, -0.15) is 0 Å². The quantitative estimate of drug-likeness (QED) is 0.220. The van der Waals surface area contributed by atoms with Crippen molar-refractivity contribution in [3.05, 3.63) is 87.3 Å². The molecule has 0 aliphatic rings. The van der Waals surface area contributed by atoms with Crippen molar-refractivity contribution in [3.63, 3.8) is 0 Å². The molecule has 0 heterocycles. The van der Waals surface area contributed by atoms with Gasteiger partial charge in [0.05, 0.1) is 0 Å². The molecule has 144 valence electrons. The second-order valence-electron chi connectivity index (χ2n) is 4.34. The summed E-state index contributed by atoms with van der Waals surface area (Å²) in [5, 5.41) is 2.92. The first-order valence-electron chi connectivity index (χ1n) is 7.55. The van der Waals surface area contributed by atoms with Crippen LogP contribution in [0.5, 0.6) is 0 Å². The molecule has 0 unspecified atom stereocenters. The zero-order chi connectivity index (χ0) is 21.3. The van der Waals surface area contributed by atoms with Gasteiger partial charge in [0, 0.05) is 23.9 Å². The van der Waals surface area contributed by atoms with Crippen LogP contribution in [0.3, 0.4) is 0 Å². The Morgan fingerprint density at radius 3 is 1.43 bits per heavy atom. The maximum Gasteiger partial charge on any atom is 0 e. The molecule has 0 aromatic heterocycles. The van der Waals surface area contributed by atoms with E-state index in [0.717, 1.165) is 13.0 Å². The third-order valence-electron chi connectivity index (χ3n) is 2.99. The van der Waals surface area contributed by atoms with Crippen molar-refractivity contribution in [1.29, 1.82) is 0 Å². The van der Waals surface area contributed by atoms with Crippen LogP contribution in [-0.4, -0.2) is 18.9 Å². The Labute approximate surface area is 179 Å². The minimum absolute atomic E-state index is 0. The predicted molar refractivity (Wildman–Crippen MR) is 103 cm³/mol. The van der Waals surface area contributed by atoms with Crippen LogP contribution in [0.1, 0.15) is 13.3 Å². The summed E-state index contributed by atoms with van der Waals surface area (Å²) in [4.78, 5) is 4.32. The number of benzene rings is 2. The summed E-state index contributed by atoms with van der Waals surface area (Å²) in [6.45, 7) is 20.9. The monoisotopic (exact) mass is 433 g/mol. The van der Waals surface area contributed by atoms with Crippen molar-refractivity contribution in [2.45, 2.75) is 13.3 Å². The van der Waals surface area contributed by atoms with Crippen molar-refractivity contribution < 1.29 is 36.0 Å². The van der Waals surface area contributed by atoms with Gasteiger partial charge in [0.2, 0.25) is 0 Å². The molecule has 5 nitrogen and oxygen atoms in total. The van der Waals surface area contributed by atoms with E-state index in [0.29, 0.717) is 0 Å². The number of rotatable bonds is 6. The molecule has 28 heavy (non-hydrogen) atoms. The molecule has 0 atom stereocenters. The minimum atomic E-state index is -0.241. The van der Waals surface area contributed by atoms with Crippen LogP contribution in [0.25, 0.3) is 0 Å². The molecular weight excluding hydrogens is 413 g/mol. The first kappa shape index (κ1) is 33.6. The molecule has 0 fully saturated rings. The molecule has 0 aliphatic heterocycles. The van der Waals surface area contributed by atoms with Crippen molar-refractivity contribution in [2.24, 2.45) is 4.99 Å². The van der Waals surface area contributed by atoms with E-state index in [1.165, 1.54) is 16.8 Å². The topological polar surface area (TPSA) is 92.0 Å². The molecule has 7 heteroatoms. The normalized spacial score (nSPS) is 7.93. The van der Waals surface area contributed by atoms with Crippen LogP contribution in [0, 0.1) is 26.6 Å². The van der Waals surface area contributed by atoms with E-state index in [1.807, 2.05) is 13.1 Å². The van der Waals surface area contributed by atoms with Gasteiger partial charge in [-0.25, -0.2) is 0 Å². The van der Waals surface area contributed by atoms with E-state index in [2.05, 4.69) is 92.3 Å². The van der Waals surface area contributed by atoms with Gasteiger partial charge in [0.1, 0.15) is 0 Å². The fourth-order valence-corrected chi connectivity index (χ4v) is 4.41. The number of nitrogens with zero attached hydrogens (tertiary/aromatic N) is 1. The molecule has 0 saturated carbocycles. The first-order valence-corrected chi connectivity index (χ1v) is 9.08. The predicted octanol–water partition coefficient (Wildman–Crippen LogP) is 3.45. The maximum absolute atomic E-state index is 7.50. The van der Waals surface area contributed by atoms with E-state index >= 15 is 0 Å². The van der Waals surface area contributed by atoms with E-state index < -0.39 is 0 Å². The minimum Gasteiger partial charge on any atom is 0 e. The third kappa shape index (κ3) is 16.2. The molecule has 0 aliphatic carbocycles. The fraction of sp³-hybridized carbons (Fsp3) is 0.190. The van der Waals surface area contributed by atoms with Crippen molar-refractivity contribution in [1.82, 2.24) is 0 Å². The van der Waals surface area contributed by atoms with Crippen molar-refractivity contribution in [3.8, 4) is 0 Å². The summed E-state index contributed by atoms with van der Waals surface area (Å²) < 4.78 is 30.0. The molecule has 0 N–H and O–H groups in total. The molecular formula is C21H20CrNO4P. The van der Waals surface area contributed by atoms with Gasteiger partial charge in [-0.15, -0.1) is 0 Å². The molecule has 2 aromatic carbocycles. The smallest absolute Gasteiger partial charge is 0 e. The van der Waals surface area contributed by atoms with Gasteiger partial charge in [-0.1, -0.05) is 60.7 Å². The maximum atomic E-state index is 7.50. The molecule has 0 radical (unpaired) electrons. The Hall–Kier alpha value is -1.97. The van der Waals surface area contributed by atoms with Gasteiger partial charge in [-0.3, -0.25) is 4.99 Å². The molecule has 0 amide bonds. The summed E-state index contributed by atoms with van der Waals surface area (Å²) in [5.74, 6) is 0. The molecule has 0 bridgehead atoms. The van der Waals surface area contributed by atoms with Gasteiger partial charge in [-0.05, 0) is 44.3 Å². The summed E-state index contributed by atoms with van der Waals surface area (Å²) in [7, 11) is -0.241. The van der Waals surface area contributed by atoms with E-state index in [1.54, 1.807) is 0 Å². The Morgan fingerprint density at radius 1 is 0.750 bits per heavy atom. The fourth-order valence-electron chi connectivity index (χ4n) is 2.07. The number of hydrogen-bond donors (Lipinski definition) is 0. The number of hydrogen-bond acceptors (Lipinski definition) is 1. The summed E-state index contributed by atoms with van der Waals surface area (Å²) >= 11 is 0. The van der Waals surface area contributed by atoms with Crippen molar-refractivity contribution in [2.75, 3.05) is 12.7 Å². The van der Waals surface area contributed by atoms with Crippen molar-refractivity contribution >= 4 is 24.7 Å². The van der Waals surface area contributed by atoms with Crippen LogP contribution in [0.15, 0.2) is 65.7 Å². The Bertz CT molecular complexity index is 607. The van der Waals surface area contributed by atoms with Crippen LogP contribution >= 0.6 is 7.92 Å². The van der Waals surface area contributed by atoms with Crippen LogP contribution in [0.2, 0.25) is 0 Å². The second-order valence-corrected chi connectivity index (χ2v) is 6.68. The Balaban J connectivity index is -0.000000285. The van der Waals surface area contributed by atoms with Gasteiger partial charge < -0.3 is 0 Å². The van der Waals surface area contributed by atoms with Gasteiger partial charge >= 0.3 is 45.2 Å². The van der Waals surface area contributed by atoms with Gasteiger partial charge in [0.15, 0.2) is 0 Å². The largest absolute Gasteiger partial charge is 0 e. The summed E-state index contributed by atoms with van der Waals surface area (Å²) in [6, 6.07) is 21.7. The van der Waals surface area contributed by atoms with Crippen LogP contribution in [-0.2, 0) is 36.0 Å². The first-order chi connectivity index (χ1) is 13.4. The van der Waals surface area contributed by atoms with E-state index in [9.17, 15) is 0 Å². The Morgan fingerprint density at radius 2 is 1.11 bits per heavy atom. The summed E-state index contributed by atoms with van der Waals surface area (Å²) in [5.41, 5.74) is 0. The average molecular weight is 433 g/mol. The van der Waals surface area contributed by atoms with Gasteiger partial charge in [0.25, 0.3) is 0 Å². The van der Waals surface area contributed by atoms with E-state index in [-0.39, 0.29) is 25.3 Å². The van der Waals surface area contributed by atoms with Crippen LogP contribution in [0.4, 0.5) is 0 Å². The molecule has 2 rings (SSSR count). The zero-order valence-electron chi connectivity index (χ0n) is 15.4. The van der Waals surface area contributed by atoms with Crippen LogP contribution < -0.4 is 10.6 Å². The summed E-state index contributed by atoms with van der Waals surface area (Å²) in [6.07, 6.45) is 4.26. The molecule has 0 saturated heterocycles. The SMILES string of the molecule is CC=NCCCP(c1ccccc1)c1ccccc1.[C-]#[O+].[C-]#[O+].[C-]#[O+].[C-]#[O+].[Cr].